The summed E-state index contributed by atoms with van der Waals surface area (Å²) < 4.78 is 22.7. The molecule has 0 bridgehead atoms. The van der Waals surface area contributed by atoms with Crippen molar-refractivity contribution in [2.45, 2.75) is 280 Å². The molecule has 2 heterocycles. The summed E-state index contributed by atoms with van der Waals surface area (Å²) in [6.07, 6.45) is 18.2. The normalized spacial score (nSPS) is 27.6. The van der Waals surface area contributed by atoms with Crippen LogP contribution in [-0.4, -0.2) is 140 Å². The molecule has 0 aromatic heterocycles. The van der Waals surface area contributed by atoms with Gasteiger partial charge in [0.15, 0.2) is 12.6 Å². The second kappa shape index (κ2) is 36.2. The zero-order valence-electron chi connectivity index (χ0n) is 38.9. The van der Waals surface area contributed by atoms with Crippen molar-refractivity contribution in [3.8, 4) is 0 Å². The minimum atomic E-state index is -1.78. The highest BCUT2D eigenvalue weighted by molar-refractivity contribution is 5.76. The van der Waals surface area contributed by atoms with Crippen molar-refractivity contribution in [3.05, 3.63) is 0 Å². The number of carbonyl (C=O) groups excluding carboxylic acids is 1. The molecule has 12 unspecified atom stereocenters. The predicted octanol–water partition coefficient (Wildman–Crippen LogP) is 6.22. The highest BCUT2D eigenvalue weighted by atomic mass is 16.7. The maximum Gasteiger partial charge on any atom is 0.220 e. The zero-order chi connectivity index (χ0) is 45.4. The lowest BCUT2D eigenvalue weighted by molar-refractivity contribution is -0.359. The van der Waals surface area contributed by atoms with Crippen LogP contribution in [0, 0.1) is 0 Å². The number of aliphatic hydroxyl groups is 8. The van der Waals surface area contributed by atoms with Crippen LogP contribution < -0.4 is 5.32 Å². The fourth-order valence-electron chi connectivity index (χ4n) is 8.65. The Bertz CT molecular complexity index is 1060. The Morgan fingerprint density at radius 1 is 0.516 bits per heavy atom. The Hall–Kier alpha value is -1.01. The molecule has 0 aromatic carbocycles. The summed E-state index contributed by atoms with van der Waals surface area (Å²) in [5, 5.41) is 86.8. The van der Waals surface area contributed by atoms with Crippen LogP contribution in [0.1, 0.15) is 206 Å². The van der Waals surface area contributed by atoms with Crippen molar-refractivity contribution in [3.63, 3.8) is 0 Å². The van der Waals surface area contributed by atoms with E-state index in [1.54, 1.807) is 0 Å². The van der Waals surface area contributed by atoms with Gasteiger partial charge in [0.2, 0.25) is 5.91 Å². The number of aliphatic hydroxyl groups excluding tert-OH is 8. The first-order valence-electron chi connectivity index (χ1n) is 25.3. The maximum absolute atomic E-state index is 13.2. The number of unbranched alkanes of at least 4 members (excludes halogenated alkanes) is 26. The average Bonchev–Trinajstić information content (AvgIpc) is 3.27. The minimum Gasteiger partial charge on any atom is -0.394 e. The van der Waals surface area contributed by atoms with Crippen LogP contribution >= 0.6 is 0 Å². The summed E-state index contributed by atoms with van der Waals surface area (Å²) in [5.74, 6) is -0.205. The molecule has 0 aromatic rings. The van der Waals surface area contributed by atoms with Gasteiger partial charge in [0.25, 0.3) is 0 Å². The van der Waals surface area contributed by atoms with Gasteiger partial charge >= 0.3 is 0 Å². The number of ether oxygens (including phenoxy) is 4. The third-order valence-corrected chi connectivity index (χ3v) is 12.8. The van der Waals surface area contributed by atoms with Crippen LogP contribution in [-0.2, 0) is 23.7 Å². The summed E-state index contributed by atoms with van der Waals surface area (Å²) in [4.78, 5) is 13.2. The Kier molecular flexibility index (Phi) is 33.3. The third kappa shape index (κ3) is 23.4. The van der Waals surface area contributed by atoms with E-state index in [-0.39, 0.29) is 12.5 Å². The Morgan fingerprint density at radius 2 is 0.919 bits per heavy atom. The summed E-state index contributed by atoms with van der Waals surface area (Å²) in [5.41, 5.74) is 0. The zero-order valence-corrected chi connectivity index (χ0v) is 38.9. The van der Waals surface area contributed by atoms with Gasteiger partial charge in [-0.2, -0.15) is 0 Å². The van der Waals surface area contributed by atoms with Crippen molar-refractivity contribution in [1.82, 2.24) is 5.32 Å². The number of amides is 1. The summed E-state index contributed by atoms with van der Waals surface area (Å²) in [7, 11) is 0. The summed E-state index contributed by atoms with van der Waals surface area (Å²) in [6.45, 7) is 2.85. The second-order valence-electron chi connectivity index (χ2n) is 18.3. The average molecular weight is 892 g/mol. The first-order valence-corrected chi connectivity index (χ1v) is 25.3. The molecule has 2 aliphatic rings. The lowest BCUT2D eigenvalue weighted by Gasteiger charge is -2.46. The fourth-order valence-corrected chi connectivity index (χ4v) is 8.65. The first kappa shape index (κ1) is 57.1. The molecule has 2 aliphatic heterocycles. The van der Waals surface area contributed by atoms with E-state index >= 15 is 0 Å². The van der Waals surface area contributed by atoms with Gasteiger partial charge in [-0.25, -0.2) is 0 Å². The van der Waals surface area contributed by atoms with Crippen LogP contribution in [0.2, 0.25) is 0 Å². The van der Waals surface area contributed by atoms with Crippen molar-refractivity contribution in [2.24, 2.45) is 0 Å². The van der Waals surface area contributed by atoms with E-state index in [9.17, 15) is 45.6 Å². The van der Waals surface area contributed by atoms with E-state index in [1.165, 1.54) is 128 Å². The Balaban J connectivity index is 1.81. The molecule has 12 atom stereocenters. The van der Waals surface area contributed by atoms with Crippen LogP contribution in [0.25, 0.3) is 0 Å². The van der Waals surface area contributed by atoms with Crippen molar-refractivity contribution < 1.29 is 64.6 Å². The molecule has 14 nitrogen and oxygen atoms in total. The third-order valence-electron chi connectivity index (χ3n) is 12.8. The van der Waals surface area contributed by atoms with E-state index in [4.69, 9.17) is 18.9 Å². The van der Waals surface area contributed by atoms with Crippen LogP contribution in [0.3, 0.4) is 0 Å². The minimum absolute atomic E-state index is 0.205. The van der Waals surface area contributed by atoms with E-state index in [0.29, 0.717) is 12.8 Å². The van der Waals surface area contributed by atoms with Gasteiger partial charge in [0.05, 0.1) is 32.0 Å². The van der Waals surface area contributed by atoms with Crippen molar-refractivity contribution in [2.75, 3.05) is 19.8 Å². The number of rotatable bonds is 39. The van der Waals surface area contributed by atoms with Crippen LogP contribution in [0.15, 0.2) is 0 Å². The lowest BCUT2D eigenvalue weighted by atomic mass is 9.97. The van der Waals surface area contributed by atoms with E-state index < -0.39 is 86.8 Å². The topological polar surface area (TPSA) is 228 Å². The van der Waals surface area contributed by atoms with Gasteiger partial charge in [-0.15, -0.1) is 0 Å². The molecule has 2 rings (SSSR count). The van der Waals surface area contributed by atoms with Crippen LogP contribution in [0.4, 0.5) is 0 Å². The molecule has 2 saturated heterocycles. The summed E-state index contributed by atoms with van der Waals surface area (Å²) >= 11 is 0. The van der Waals surface area contributed by atoms with E-state index in [0.717, 1.165) is 51.4 Å². The highest BCUT2D eigenvalue weighted by Gasteiger charge is 2.51. The number of hydrogen-bond donors (Lipinski definition) is 9. The SMILES string of the molecule is CCCCCCCCCCCCCCCCCCCC(=O)NC(COC1OC(CO)C(OC2OC(CO)C(O)C(O)C2O)C(O)C1O)C(O)CCCCCCCCCCCCC. The second-order valence-corrected chi connectivity index (χ2v) is 18.3. The van der Waals surface area contributed by atoms with Gasteiger partial charge in [0.1, 0.15) is 48.8 Å². The van der Waals surface area contributed by atoms with Gasteiger partial charge in [0, 0.05) is 6.42 Å². The van der Waals surface area contributed by atoms with Gasteiger partial charge in [-0.1, -0.05) is 187 Å². The first-order chi connectivity index (χ1) is 30.1. The Labute approximate surface area is 374 Å². The van der Waals surface area contributed by atoms with E-state index in [2.05, 4.69) is 19.2 Å². The number of nitrogens with one attached hydrogen (secondary N) is 1. The van der Waals surface area contributed by atoms with Gasteiger partial charge in [-0.3, -0.25) is 4.79 Å². The molecule has 2 fully saturated rings. The molecule has 1 amide bonds. The Morgan fingerprint density at radius 3 is 1.37 bits per heavy atom. The molecule has 368 valence electrons. The molecule has 62 heavy (non-hydrogen) atoms. The molecule has 9 N–H and O–H groups in total. The van der Waals surface area contributed by atoms with E-state index in [1.807, 2.05) is 0 Å². The highest BCUT2D eigenvalue weighted by Crippen LogP contribution is 2.30. The standard InChI is InChI=1S/C48H93NO13/c1-3-5-7-9-11-13-15-16-17-18-19-20-22-24-26-28-30-32-40(53)49-36(37(52)31-29-27-25-23-21-14-12-10-8-6-4-2)35-59-47-45(58)43(56)46(39(34-51)61-47)62-48-44(57)42(55)41(54)38(33-50)60-48/h36-39,41-48,50-52,54-58H,3-35H2,1-2H3,(H,49,53). The molecular weight excluding hydrogens is 799 g/mol. The molecule has 0 saturated carbocycles. The largest absolute Gasteiger partial charge is 0.394 e. The maximum atomic E-state index is 13.2. The number of carbonyl (C=O) groups is 1. The number of hydrogen-bond acceptors (Lipinski definition) is 13. The van der Waals surface area contributed by atoms with Gasteiger partial charge in [-0.05, 0) is 12.8 Å². The molecule has 14 heteroatoms. The molecule has 0 radical (unpaired) electrons. The monoisotopic (exact) mass is 892 g/mol. The fraction of sp³-hybridized carbons (Fsp3) is 0.979. The molecular formula is C48H93NO13. The van der Waals surface area contributed by atoms with Crippen molar-refractivity contribution >= 4 is 5.91 Å². The molecule has 0 aliphatic carbocycles. The summed E-state index contributed by atoms with van der Waals surface area (Å²) in [6, 6.07) is -0.819. The quantitative estimate of drug-likeness (QED) is 0.0313. The van der Waals surface area contributed by atoms with Crippen LogP contribution in [0.5, 0.6) is 0 Å². The predicted molar refractivity (Wildman–Crippen MR) is 240 cm³/mol. The van der Waals surface area contributed by atoms with Gasteiger partial charge < -0.3 is 65.1 Å². The van der Waals surface area contributed by atoms with Crippen molar-refractivity contribution in [1.29, 1.82) is 0 Å². The molecule has 0 spiro atoms. The lowest BCUT2D eigenvalue weighted by Crippen LogP contribution is -2.65. The smallest absolute Gasteiger partial charge is 0.220 e.